The number of benzene rings is 4. The lowest BCUT2D eigenvalue weighted by molar-refractivity contribution is 0.0703. The zero-order valence-corrected chi connectivity index (χ0v) is 30.5. The van der Waals surface area contributed by atoms with Crippen molar-refractivity contribution in [2.75, 3.05) is 0 Å². The smallest absolute Gasteiger partial charge is 0.343 e. The normalized spacial score (nSPS) is 11.1. The Morgan fingerprint density at radius 2 is 1.00 bits per heavy atom. The standard InChI is InChI=1S/C28H16I4O9S/c1-14-23(40-26(33)15-2-6-18(29)7-3-15)10-17(11-24(14)41-27(34)16-4-8-19(30)9-5-16)28(35)39-20-12-21(31)25(22(32)13-20)42(36,37)38/h2-13H,1H3,(H,36,37,38)/p-1. The van der Waals surface area contributed by atoms with Crippen molar-refractivity contribution in [3.8, 4) is 17.2 Å². The molecule has 4 rings (SSSR count). The molecule has 0 saturated carbocycles. The van der Waals surface area contributed by atoms with Crippen molar-refractivity contribution in [3.63, 3.8) is 0 Å². The third-order valence-corrected chi connectivity index (χ3v) is 10.4. The number of carbonyl (C=O) groups is 3. The van der Waals surface area contributed by atoms with E-state index in [4.69, 9.17) is 14.2 Å². The van der Waals surface area contributed by atoms with E-state index in [9.17, 15) is 27.4 Å². The van der Waals surface area contributed by atoms with E-state index in [1.165, 1.54) is 24.3 Å². The van der Waals surface area contributed by atoms with Gasteiger partial charge in [-0.15, -0.1) is 0 Å². The molecule has 0 aliphatic rings. The number of hydrogen-bond donors (Lipinski definition) is 0. The van der Waals surface area contributed by atoms with E-state index < -0.39 is 32.9 Å². The number of carbonyl (C=O) groups excluding carboxylic acids is 3. The van der Waals surface area contributed by atoms with Gasteiger partial charge in [-0.05, 0) is 170 Å². The minimum absolute atomic E-state index is 0.0309. The van der Waals surface area contributed by atoms with Gasteiger partial charge in [-0.2, -0.15) is 0 Å². The van der Waals surface area contributed by atoms with Crippen LogP contribution in [0, 0.1) is 21.2 Å². The topological polar surface area (TPSA) is 136 Å². The average molecular weight is 1040 g/mol. The quantitative estimate of drug-likeness (QED) is 0.0833. The monoisotopic (exact) mass is 1030 g/mol. The Morgan fingerprint density at radius 1 is 0.619 bits per heavy atom. The van der Waals surface area contributed by atoms with Crippen LogP contribution in [0.4, 0.5) is 0 Å². The van der Waals surface area contributed by atoms with Crippen LogP contribution in [-0.4, -0.2) is 30.9 Å². The molecule has 0 atom stereocenters. The van der Waals surface area contributed by atoms with Gasteiger partial charge >= 0.3 is 17.9 Å². The first kappa shape index (κ1) is 33.0. The molecule has 4 aromatic carbocycles. The predicted octanol–water partition coefficient (Wildman–Crippen LogP) is 6.98. The van der Waals surface area contributed by atoms with Gasteiger partial charge in [0.05, 0.1) is 21.6 Å². The summed E-state index contributed by atoms with van der Waals surface area (Å²) in [6.45, 7) is 1.56. The Morgan fingerprint density at radius 3 is 1.38 bits per heavy atom. The van der Waals surface area contributed by atoms with E-state index in [0.29, 0.717) is 0 Å². The van der Waals surface area contributed by atoms with Gasteiger partial charge in [-0.1, -0.05) is 0 Å². The fraction of sp³-hybridized carbons (Fsp3) is 0.0357. The zero-order valence-electron chi connectivity index (χ0n) is 21.0. The van der Waals surface area contributed by atoms with Gasteiger partial charge in [0.2, 0.25) is 0 Å². The minimum atomic E-state index is -4.75. The van der Waals surface area contributed by atoms with Crippen LogP contribution in [-0.2, 0) is 10.1 Å². The molecule has 14 heteroatoms. The molecule has 0 heterocycles. The SMILES string of the molecule is Cc1c(OC(=O)c2ccc(I)cc2)cc(C(=O)Oc2cc(I)c(S(=O)(=O)[O-])c(I)c2)cc1OC(=O)c1ccc(I)cc1. The molecule has 4 aromatic rings. The first-order valence-corrected chi connectivity index (χ1v) is 17.2. The summed E-state index contributed by atoms with van der Waals surface area (Å²) in [7, 11) is -4.75. The lowest BCUT2D eigenvalue weighted by atomic mass is 10.1. The van der Waals surface area contributed by atoms with Crippen LogP contribution in [0.5, 0.6) is 17.2 Å². The summed E-state index contributed by atoms with van der Waals surface area (Å²) in [6, 6.07) is 18.3. The molecule has 0 spiro atoms. The molecule has 0 unspecified atom stereocenters. The van der Waals surface area contributed by atoms with Crippen LogP contribution in [0.3, 0.4) is 0 Å². The lowest BCUT2D eigenvalue weighted by Crippen LogP contribution is -2.15. The first-order chi connectivity index (χ1) is 19.7. The maximum Gasteiger partial charge on any atom is 0.343 e. The van der Waals surface area contributed by atoms with Gasteiger partial charge in [-0.25, -0.2) is 22.8 Å². The second-order valence-corrected chi connectivity index (χ2v) is 14.6. The highest BCUT2D eigenvalue weighted by Gasteiger charge is 2.22. The number of halogens is 4. The van der Waals surface area contributed by atoms with Crippen LogP contribution in [0.25, 0.3) is 0 Å². The first-order valence-electron chi connectivity index (χ1n) is 11.5. The van der Waals surface area contributed by atoms with Crippen molar-refractivity contribution in [3.05, 3.63) is 109 Å². The molecule has 0 amide bonds. The number of ether oxygens (including phenoxy) is 3. The predicted molar refractivity (Wildman–Crippen MR) is 184 cm³/mol. The Labute approximate surface area is 295 Å². The third-order valence-electron chi connectivity index (χ3n) is 5.55. The molecule has 9 nitrogen and oxygen atoms in total. The van der Waals surface area contributed by atoms with Gasteiger partial charge in [0.1, 0.15) is 27.4 Å². The van der Waals surface area contributed by atoms with E-state index in [0.717, 1.165) is 7.14 Å². The van der Waals surface area contributed by atoms with Crippen LogP contribution in [0.15, 0.2) is 77.7 Å². The molecule has 42 heavy (non-hydrogen) atoms. The van der Waals surface area contributed by atoms with E-state index >= 15 is 0 Å². The highest BCUT2D eigenvalue weighted by molar-refractivity contribution is 14.1. The van der Waals surface area contributed by atoms with Gasteiger partial charge in [0.15, 0.2) is 0 Å². The van der Waals surface area contributed by atoms with Crippen LogP contribution in [0.1, 0.15) is 36.6 Å². The molecule has 0 fully saturated rings. The highest BCUT2D eigenvalue weighted by Crippen LogP contribution is 2.33. The Balaban J connectivity index is 1.71. The molecule has 0 N–H and O–H groups in total. The maximum atomic E-state index is 13.2. The van der Waals surface area contributed by atoms with Crippen molar-refractivity contribution >= 4 is 118 Å². The molecule has 0 bridgehead atoms. The van der Waals surface area contributed by atoms with Crippen molar-refractivity contribution < 1.29 is 41.6 Å². The summed E-state index contributed by atoms with van der Waals surface area (Å²) in [6.07, 6.45) is 0. The number of rotatable bonds is 7. The summed E-state index contributed by atoms with van der Waals surface area (Å²) < 4.78 is 53.4. The van der Waals surface area contributed by atoms with Gasteiger partial charge in [-0.3, -0.25) is 0 Å². The third kappa shape index (κ3) is 8.18. The van der Waals surface area contributed by atoms with Crippen LogP contribution >= 0.6 is 90.4 Å². The van der Waals surface area contributed by atoms with Crippen molar-refractivity contribution in [1.82, 2.24) is 0 Å². The van der Waals surface area contributed by atoms with Crippen LogP contribution in [0.2, 0.25) is 0 Å². The average Bonchev–Trinajstić information content (AvgIpc) is 2.90. The molecule has 216 valence electrons. The zero-order chi connectivity index (χ0) is 30.8. The molecular formula is C28H15I4O9S-. The van der Waals surface area contributed by atoms with Crippen molar-refractivity contribution in [2.45, 2.75) is 11.8 Å². The molecule has 0 aliphatic heterocycles. The largest absolute Gasteiger partial charge is 0.744 e. The van der Waals surface area contributed by atoms with Crippen molar-refractivity contribution in [1.29, 1.82) is 0 Å². The number of hydrogen-bond acceptors (Lipinski definition) is 9. The Kier molecular flexibility index (Phi) is 10.9. The Bertz CT molecular complexity index is 1720. The summed E-state index contributed by atoms with van der Waals surface area (Å²) in [5.74, 6) is -2.44. The molecule has 0 saturated heterocycles. The molecular weight excluding hydrogens is 1020 g/mol. The summed E-state index contributed by atoms with van der Waals surface area (Å²) in [5, 5.41) is 0. The van der Waals surface area contributed by atoms with Crippen molar-refractivity contribution in [2.24, 2.45) is 0 Å². The van der Waals surface area contributed by atoms with Gasteiger partial charge in [0, 0.05) is 19.8 Å². The lowest BCUT2D eigenvalue weighted by Gasteiger charge is -2.16. The van der Waals surface area contributed by atoms with E-state index in [-0.39, 0.29) is 46.6 Å². The summed E-state index contributed by atoms with van der Waals surface area (Å²) in [5.41, 5.74) is 0.677. The van der Waals surface area contributed by atoms with E-state index in [1.54, 1.807) is 101 Å². The van der Waals surface area contributed by atoms with Crippen LogP contribution < -0.4 is 14.2 Å². The summed E-state index contributed by atoms with van der Waals surface area (Å²) >= 11 is 7.53. The van der Waals surface area contributed by atoms with Gasteiger partial charge < -0.3 is 18.8 Å². The van der Waals surface area contributed by atoms with Gasteiger partial charge in [0.25, 0.3) is 0 Å². The van der Waals surface area contributed by atoms with E-state index in [1.807, 2.05) is 0 Å². The maximum absolute atomic E-state index is 13.2. The second-order valence-electron chi connectivity index (χ2n) is 8.45. The number of esters is 3. The summed E-state index contributed by atoms with van der Waals surface area (Å²) in [4.78, 5) is 38.6. The minimum Gasteiger partial charge on any atom is -0.744 e. The molecule has 0 aromatic heterocycles. The highest BCUT2D eigenvalue weighted by atomic mass is 127. The van der Waals surface area contributed by atoms with E-state index in [2.05, 4.69) is 45.2 Å². The second kappa shape index (κ2) is 13.8. The molecule has 0 aliphatic carbocycles. The Hall–Kier alpha value is -1.88. The fourth-order valence-corrected chi connectivity index (χ4v) is 8.13. The fourth-order valence-electron chi connectivity index (χ4n) is 3.48. The molecule has 0 radical (unpaired) electrons.